The van der Waals surface area contributed by atoms with Crippen LogP contribution in [-0.2, 0) is 4.74 Å². The van der Waals surface area contributed by atoms with Crippen LogP contribution in [0.15, 0.2) is 18.2 Å². The van der Waals surface area contributed by atoms with E-state index in [4.69, 9.17) is 4.74 Å². The van der Waals surface area contributed by atoms with Crippen LogP contribution < -0.4 is 0 Å². The summed E-state index contributed by atoms with van der Waals surface area (Å²) in [4.78, 5) is 11.6. The summed E-state index contributed by atoms with van der Waals surface area (Å²) in [5, 5.41) is 11.7. The van der Waals surface area contributed by atoms with Gasteiger partial charge in [-0.15, -0.1) is 0 Å². The minimum absolute atomic E-state index is 0. The predicted octanol–water partition coefficient (Wildman–Crippen LogP) is 3.26. The van der Waals surface area contributed by atoms with Crippen LogP contribution in [0.25, 0.3) is 10.8 Å². The first-order valence-electron chi connectivity index (χ1n) is 5.77. The number of rotatable bonds is 1. The number of ether oxygens (including phenoxy) is 1. The van der Waals surface area contributed by atoms with Gasteiger partial charge in [-0.1, -0.05) is 6.07 Å². The minimum Gasteiger partial charge on any atom is -0.507 e. The number of aryl methyl sites for hydroxylation is 3. The maximum atomic E-state index is 11.6. The third-order valence-corrected chi connectivity index (χ3v) is 3.40. The Balaban J connectivity index is 0.00000180. The molecule has 2 rings (SSSR count). The maximum Gasteiger partial charge on any atom is 0.338 e. The Hall–Kier alpha value is -0.588. The number of methoxy groups -OCH3 is 1. The number of hydrogen-bond donors (Lipinski definition) is 1. The standard InChI is InChI=1S/C15H16O3.Ac/c1-8-5-11-10(3)12(15(17)18-4)7-14(16)13(11)6-9(8)2;/h5-7,16H,1-4H3;. The molecule has 0 saturated carbocycles. The average molecular weight is 471 g/mol. The first-order chi connectivity index (χ1) is 8.45. The van der Waals surface area contributed by atoms with E-state index in [2.05, 4.69) is 0 Å². The molecule has 0 unspecified atom stereocenters. The summed E-state index contributed by atoms with van der Waals surface area (Å²) in [6.07, 6.45) is 0. The summed E-state index contributed by atoms with van der Waals surface area (Å²) < 4.78 is 4.72. The van der Waals surface area contributed by atoms with Gasteiger partial charge >= 0.3 is 5.97 Å². The number of carbonyl (C=O) groups is 1. The predicted molar refractivity (Wildman–Crippen MR) is 71.2 cm³/mol. The minimum atomic E-state index is -0.428. The molecule has 2 aromatic rings. The van der Waals surface area contributed by atoms with Crippen LogP contribution in [0.3, 0.4) is 0 Å². The van der Waals surface area contributed by atoms with Crippen molar-refractivity contribution in [3.63, 3.8) is 0 Å². The van der Waals surface area contributed by atoms with Crippen molar-refractivity contribution < 1.29 is 58.7 Å². The molecule has 19 heavy (non-hydrogen) atoms. The zero-order valence-electron chi connectivity index (χ0n) is 11.6. The molecule has 97 valence electrons. The number of phenols is 1. The van der Waals surface area contributed by atoms with Crippen molar-refractivity contribution in [3.05, 3.63) is 40.5 Å². The normalized spacial score (nSPS) is 10.1. The Bertz CT molecular complexity index is 648. The monoisotopic (exact) mass is 471 g/mol. The van der Waals surface area contributed by atoms with Gasteiger partial charge in [0, 0.05) is 49.4 Å². The van der Waals surface area contributed by atoms with E-state index in [0.29, 0.717) is 5.56 Å². The largest absolute Gasteiger partial charge is 0.507 e. The first-order valence-corrected chi connectivity index (χ1v) is 5.77. The van der Waals surface area contributed by atoms with Crippen molar-refractivity contribution in [3.8, 4) is 5.75 Å². The molecule has 3 nitrogen and oxygen atoms in total. The molecule has 0 heterocycles. The quantitative estimate of drug-likeness (QED) is 0.650. The third-order valence-electron chi connectivity index (χ3n) is 3.40. The zero-order chi connectivity index (χ0) is 13.4. The van der Waals surface area contributed by atoms with Crippen LogP contribution in [0.2, 0.25) is 0 Å². The van der Waals surface area contributed by atoms with E-state index in [9.17, 15) is 9.90 Å². The van der Waals surface area contributed by atoms with Crippen molar-refractivity contribution >= 4 is 16.7 Å². The molecular formula is C15H16AcO3. The van der Waals surface area contributed by atoms with Gasteiger partial charge in [-0.2, -0.15) is 0 Å². The average Bonchev–Trinajstić information content (AvgIpc) is 2.35. The van der Waals surface area contributed by atoms with Crippen molar-refractivity contribution in [2.75, 3.05) is 7.11 Å². The van der Waals surface area contributed by atoms with Crippen molar-refractivity contribution in [2.24, 2.45) is 0 Å². The van der Waals surface area contributed by atoms with Crippen LogP contribution in [0, 0.1) is 64.8 Å². The van der Waals surface area contributed by atoms with E-state index >= 15 is 0 Å². The molecule has 0 aliphatic heterocycles. The molecule has 0 spiro atoms. The van der Waals surface area contributed by atoms with Crippen LogP contribution >= 0.6 is 0 Å². The van der Waals surface area contributed by atoms with Gasteiger partial charge in [0.05, 0.1) is 12.7 Å². The fourth-order valence-electron chi connectivity index (χ4n) is 2.13. The van der Waals surface area contributed by atoms with E-state index in [0.717, 1.165) is 27.5 Å². The summed E-state index contributed by atoms with van der Waals surface area (Å²) in [6.45, 7) is 5.87. The second-order valence-electron chi connectivity index (χ2n) is 4.54. The Morgan fingerprint density at radius 3 is 2.11 bits per heavy atom. The number of benzene rings is 2. The second kappa shape index (κ2) is 6.24. The fourth-order valence-corrected chi connectivity index (χ4v) is 2.13. The van der Waals surface area contributed by atoms with Gasteiger partial charge in [-0.05, 0) is 55.0 Å². The number of fused-ring (bicyclic) bond motifs is 1. The van der Waals surface area contributed by atoms with Crippen molar-refractivity contribution in [1.29, 1.82) is 0 Å². The second-order valence-corrected chi connectivity index (χ2v) is 4.54. The summed E-state index contributed by atoms with van der Waals surface area (Å²) in [7, 11) is 1.34. The zero-order valence-corrected chi connectivity index (χ0v) is 16.3. The van der Waals surface area contributed by atoms with Gasteiger partial charge in [-0.3, -0.25) is 0 Å². The summed E-state index contributed by atoms with van der Waals surface area (Å²) in [6, 6.07) is 5.40. The molecular weight excluding hydrogens is 455 g/mol. The molecule has 0 fully saturated rings. The summed E-state index contributed by atoms with van der Waals surface area (Å²) in [5.74, 6) is -0.318. The molecule has 4 heteroatoms. The van der Waals surface area contributed by atoms with Crippen molar-refractivity contribution in [2.45, 2.75) is 20.8 Å². The molecule has 0 amide bonds. The summed E-state index contributed by atoms with van der Waals surface area (Å²) >= 11 is 0. The molecule has 0 aliphatic rings. The smallest absolute Gasteiger partial charge is 0.338 e. The van der Waals surface area contributed by atoms with E-state index in [-0.39, 0.29) is 49.8 Å². The van der Waals surface area contributed by atoms with Crippen LogP contribution in [0.4, 0.5) is 0 Å². The van der Waals surface area contributed by atoms with E-state index in [1.807, 2.05) is 32.9 Å². The van der Waals surface area contributed by atoms with Gasteiger partial charge in [-0.25, -0.2) is 4.79 Å². The van der Waals surface area contributed by atoms with E-state index in [1.165, 1.54) is 13.2 Å². The number of hydrogen-bond acceptors (Lipinski definition) is 3. The molecule has 1 radical (unpaired) electrons. The Labute approximate surface area is 148 Å². The molecule has 2 aromatic carbocycles. The molecule has 0 bridgehead atoms. The number of aromatic hydroxyl groups is 1. The van der Waals surface area contributed by atoms with Gasteiger partial charge in [0.2, 0.25) is 0 Å². The number of esters is 1. The van der Waals surface area contributed by atoms with Crippen LogP contribution in [-0.4, -0.2) is 18.2 Å². The Morgan fingerprint density at radius 1 is 1.05 bits per heavy atom. The van der Waals surface area contributed by atoms with E-state index in [1.54, 1.807) is 0 Å². The molecule has 0 aliphatic carbocycles. The third kappa shape index (κ3) is 2.95. The molecule has 0 atom stereocenters. The Kier molecular flexibility index (Phi) is 5.41. The first kappa shape index (κ1) is 16.5. The fraction of sp³-hybridized carbons (Fsp3) is 0.267. The SMILES string of the molecule is COC(=O)c1cc(O)c2cc(C)c(C)cc2c1C.[Ac]. The van der Waals surface area contributed by atoms with Crippen LogP contribution in [0.1, 0.15) is 27.0 Å². The molecule has 1 N–H and O–H groups in total. The van der Waals surface area contributed by atoms with Crippen LogP contribution in [0.5, 0.6) is 5.75 Å². The maximum absolute atomic E-state index is 11.6. The van der Waals surface area contributed by atoms with E-state index < -0.39 is 5.97 Å². The molecule has 0 saturated heterocycles. The number of carbonyl (C=O) groups excluding carboxylic acids is 1. The summed E-state index contributed by atoms with van der Waals surface area (Å²) in [5.41, 5.74) is 3.48. The van der Waals surface area contributed by atoms with Crippen molar-refractivity contribution in [1.82, 2.24) is 0 Å². The van der Waals surface area contributed by atoms with Gasteiger partial charge in [0.25, 0.3) is 0 Å². The molecule has 0 aromatic heterocycles. The topological polar surface area (TPSA) is 46.5 Å². The van der Waals surface area contributed by atoms with Gasteiger partial charge in [0.15, 0.2) is 0 Å². The Morgan fingerprint density at radius 2 is 1.58 bits per heavy atom. The van der Waals surface area contributed by atoms with Gasteiger partial charge in [0.1, 0.15) is 5.75 Å². The van der Waals surface area contributed by atoms with Gasteiger partial charge < -0.3 is 9.84 Å². The number of phenolic OH excluding ortho intramolecular Hbond substituents is 1.